The molecule has 7 heteroatoms. The van der Waals surface area contributed by atoms with Crippen molar-refractivity contribution in [2.24, 2.45) is 0 Å². The number of piperazine rings is 1. The van der Waals surface area contributed by atoms with Crippen molar-refractivity contribution in [3.8, 4) is 5.75 Å². The summed E-state index contributed by atoms with van der Waals surface area (Å²) in [6.07, 6.45) is 0.575. The van der Waals surface area contributed by atoms with Crippen LogP contribution in [-0.4, -0.2) is 50.4 Å². The summed E-state index contributed by atoms with van der Waals surface area (Å²) < 4.78 is 0. The molecule has 2 fully saturated rings. The molecular formula is C19H23N5O2. The number of carbonyl (C=O) groups is 1. The molecule has 0 bridgehead atoms. The van der Waals surface area contributed by atoms with Gasteiger partial charge in [-0.15, -0.1) is 0 Å². The van der Waals surface area contributed by atoms with E-state index in [1.54, 1.807) is 12.1 Å². The van der Waals surface area contributed by atoms with Crippen LogP contribution in [0.5, 0.6) is 5.75 Å². The number of carbonyl (C=O) groups excluding carboxylic acids is 1. The number of hydrogen-bond donors (Lipinski definition) is 3. The SMILES string of the molecule is O=CC1NNCN1c1ccc(N2CCN(c3ccc(O)cc3)CC2)cc1. The monoisotopic (exact) mass is 353 g/mol. The Balaban J connectivity index is 1.38. The number of hydrogen-bond acceptors (Lipinski definition) is 7. The largest absolute Gasteiger partial charge is 0.508 e. The van der Waals surface area contributed by atoms with Crippen LogP contribution >= 0.6 is 0 Å². The third-order valence-electron chi connectivity index (χ3n) is 5.01. The van der Waals surface area contributed by atoms with Crippen molar-refractivity contribution in [1.82, 2.24) is 10.9 Å². The second kappa shape index (κ2) is 7.23. The first-order chi connectivity index (χ1) is 12.7. The smallest absolute Gasteiger partial charge is 0.158 e. The molecular weight excluding hydrogens is 330 g/mol. The minimum Gasteiger partial charge on any atom is -0.508 e. The summed E-state index contributed by atoms with van der Waals surface area (Å²) in [5, 5.41) is 9.42. The molecule has 0 spiro atoms. The molecule has 3 N–H and O–H groups in total. The average molecular weight is 353 g/mol. The van der Waals surface area contributed by atoms with Gasteiger partial charge in [0.25, 0.3) is 0 Å². The highest BCUT2D eigenvalue weighted by Crippen LogP contribution is 2.25. The molecule has 0 amide bonds. The molecule has 2 aromatic carbocycles. The number of phenols is 1. The van der Waals surface area contributed by atoms with Gasteiger partial charge < -0.3 is 19.8 Å². The number of phenolic OH excluding ortho intramolecular Hbond substituents is 1. The summed E-state index contributed by atoms with van der Waals surface area (Å²) in [6, 6.07) is 15.7. The van der Waals surface area contributed by atoms with Crippen molar-refractivity contribution < 1.29 is 9.90 Å². The van der Waals surface area contributed by atoms with Gasteiger partial charge in [-0.2, -0.15) is 0 Å². The number of anilines is 3. The Bertz CT molecular complexity index is 742. The van der Waals surface area contributed by atoms with Crippen LogP contribution in [0, 0.1) is 0 Å². The van der Waals surface area contributed by atoms with Gasteiger partial charge in [-0.3, -0.25) is 4.79 Å². The lowest BCUT2D eigenvalue weighted by Gasteiger charge is -2.37. The quantitative estimate of drug-likeness (QED) is 0.712. The highest BCUT2D eigenvalue weighted by molar-refractivity contribution is 5.67. The molecule has 2 aliphatic rings. The molecule has 0 aromatic heterocycles. The number of nitrogens with zero attached hydrogens (tertiary/aromatic N) is 3. The molecule has 2 aromatic rings. The molecule has 7 nitrogen and oxygen atoms in total. The van der Waals surface area contributed by atoms with Crippen LogP contribution in [0.1, 0.15) is 0 Å². The first-order valence-corrected chi connectivity index (χ1v) is 8.84. The van der Waals surface area contributed by atoms with E-state index in [1.807, 2.05) is 17.0 Å². The highest BCUT2D eigenvalue weighted by atomic mass is 16.3. The standard InChI is InChI=1S/C19H23N5O2/c25-13-19-21-20-14-24(19)17-3-1-15(2-4-17)22-9-11-23(12-10-22)16-5-7-18(26)8-6-16/h1-8,13,19-21,26H,9-12,14H2. The topological polar surface area (TPSA) is 71.1 Å². The van der Waals surface area contributed by atoms with Crippen molar-refractivity contribution in [3.63, 3.8) is 0 Å². The lowest BCUT2D eigenvalue weighted by atomic mass is 10.2. The van der Waals surface area contributed by atoms with E-state index < -0.39 is 0 Å². The molecule has 2 heterocycles. The van der Waals surface area contributed by atoms with Crippen LogP contribution < -0.4 is 25.6 Å². The molecule has 2 saturated heterocycles. The van der Waals surface area contributed by atoms with E-state index in [1.165, 1.54) is 5.69 Å². The van der Waals surface area contributed by atoms with Crippen LogP contribution in [0.4, 0.5) is 17.1 Å². The van der Waals surface area contributed by atoms with E-state index in [2.05, 4.69) is 44.9 Å². The molecule has 2 aliphatic heterocycles. The first kappa shape index (κ1) is 16.7. The second-order valence-electron chi connectivity index (χ2n) is 6.54. The van der Waals surface area contributed by atoms with E-state index in [4.69, 9.17) is 0 Å². The zero-order valence-corrected chi connectivity index (χ0v) is 14.5. The normalized spacial score (nSPS) is 20.5. The summed E-state index contributed by atoms with van der Waals surface area (Å²) >= 11 is 0. The van der Waals surface area contributed by atoms with Gasteiger partial charge in [0.05, 0.1) is 6.67 Å². The fraction of sp³-hybridized carbons (Fsp3) is 0.316. The summed E-state index contributed by atoms with van der Waals surface area (Å²) in [4.78, 5) is 17.8. The number of rotatable bonds is 4. The fourth-order valence-electron chi connectivity index (χ4n) is 3.51. The van der Waals surface area contributed by atoms with Crippen molar-refractivity contribution in [2.45, 2.75) is 6.17 Å². The molecule has 4 rings (SSSR count). The van der Waals surface area contributed by atoms with Gasteiger partial charge in [0, 0.05) is 43.2 Å². The number of benzene rings is 2. The van der Waals surface area contributed by atoms with Crippen LogP contribution in [0.2, 0.25) is 0 Å². The van der Waals surface area contributed by atoms with Crippen LogP contribution in [0.3, 0.4) is 0 Å². The molecule has 0 radical (unpaired) electrons. The lowest BCUT2D eigenvalue weighted by molar-refractivity contribution is -0.109. The van der Waals surface area contributed by atoms with Crippen molar-refractivity contribution in [2.75, 3.05) is 47.5 Å². The van der Waals surface area contributed by atoms with E-state index >= 15 is 0 Å². The van der Waals surface area contributed by atoms with E-state index in [0.717, 1.165) is 43.8 Å². The molecule has 0 saturated carbocycles. The van der Waals surface area contributed by atoms with Crippen molar-refractivity contribution >= 4 is 23.3 Å². The Labute approximate surface area is 152 Å². The van der Waals surface area contributed by atoms with Crippen molar-refractivity contribution in [1.29, 1.82) is 0 Å². The number of aldehydes is 1. The van der Waals surface area contributed by atoms with Gasteiger partial charge in [0.15, 0.2) is 12.5 Å². The molecule has 136 valence electrons. The molecule has 1 atom stereocenters. The predicted molar refractivity (Wildman–Crippen MR) is 102 cm³/mol. The van der Waals surface area contributed by atoms with Crippen LogP contribution in [0.25, 0.3) is 0 Å². The Morgan fingerprint density at radius 1 is 0.846 bits per heavy atom. The maximum absolute atomic E-state index is 11.1. The number of hydrazine groups is 1. The van der Waals surface area contributed by atoms with E-state index in [-0.39, 0.29) is 6.17 Å². The van der Waals surface area contributed by atoms with E-state index in [0.29, 0.717) is 12.4 Å². The van der Waals surface area contributed by atoms with Gasteiger partial charge in [0.2, 0.25) is 0 Å². The van der Waals surface area contributed by atoms with Crippen molar-refractivity contribution in [3.05, 3.63) is 48.5 Å². The maximum atomic E-state index is 11.1. The highest BCUT2D eigenvalue weighted by Gasteiger charge is 2.23. The van der Waals surface area contributed by atoms with Gasteiger partial charge in [-0.1, -0.05) is 0 Å². The van der Waals surface area contributed by atoms with Crippen LogP contribution in [-0.2, 0) is 4.79 Å². The Morgan fingerprint density at radius 3 is 1.88 bits per heavy atom. The summed E-state index contributed by atoms with van der Waals surface area (Å²) in [5.41, 5.74) is 9.28. The first-order valence-electron chi connectivity index (χ1n) is 8.84. The third kappa shape index (κ3) is 3.31. The average Bonchev–Trinajstić information content (AvgIpc) is 3.18. The molecule has 26 heavy (non-hydrogen) atoms. The summed E-state index contributed by atoms with van der Waals surface area (Å²) in [5.74, 6) is 0.299. The van der Waals surface area contributed by atoms with Gasteiger partial charge in [-0.05, 0) is 48.5 Å². The number of aromatic hydroxyl groups is 1. The summed E-state index contributed by atoms with van der Waals surface area (Å²) in [7, 11) is 0. The van der Waals surface area contributed by atoms with Gasteiger partial charge in [-0.25, -0.2) is 10.9 Å². The van der Waals surface area contributed by atoms with Crippen LogP contribution in [0.15, 0.2) is 48.5 Å². The second-order valence-corrected chi connectivity index (χ2v) is 6.54. The minimum absolute atomic E-state index is 0.299. The minimum atomic E-state index is -0.324. The zero-order chi connectivity index (χ0) is 17.9. The predicted octanol–water partition coefficient (Wildman–Crippen LogP) is 1.12. The van der Waals surface area contributed by atoms with Gasteiger partial charge in [0.1, 0.15) is 5.75 Å². The molecule has 0 aliphatic carbocycles. The Hall–Kier alpha value is -2.77. The Kier molecular flexibility index (Phi) is 4.64. The lowest BCUT2D eigenvalue weighted by Crippen LogP contribution is -2.46. The zero-order valence-electron chi connectivity index (χ0n) is 14.5. The molecule has 1 unspecified atom stereocenters. The third-order valence-corrected chi connectivity index (χ3v) is 5.01. The summed E-state index contributed by atoms with van der Waals surface area (Å²) in [6.45, 7) is 4.39. The van der Waals surface area contributed by atoms with E-state index in [9.17, 15) is 9.90 Å². The Morgan fingerprint density at radius 2 is 1.35 bits per heavy atom. The number of nitrogens with one attached hydrogen (secondary N) is 2. The maximum Gasteiger partial charge on any atom is 0.158 e. The van der Waals surface area contributed by atoms with Gasteiger partial charge >= 0.3 is 0 Å². The fourth-order valence-corrected chi connectivity index (χ4v) is 3.51.